The van der Waals surface area contributed by atoms with Crippen LogP contribution in [0, 0.1) is 11.8 Å². The molecule has 0 spiro atoms. The fourth-order valence-electron chi connectivity index (χ4n) is 9.66. The van der Waals surface area contributed by atoms with Crippen molar-refractivity contribution >= 4 is 43.5 Å². The van der Waals surface area contributed by atoms with Crippen LogP contribution in [-0.2, 0) is 65.0 Å². The molecule has 0 bridgehead atoms. The van der Waals surface area contributed by atoms with Gasteiger partial charge < -0.3 is 15.5 Å². The molecule has 4 N–H and O–H groups in total. The molecular weight excluding hydrogens is 689 g/mol. The number of carbonyl (C=O) groups is 2. The number of nitrogens with zero attached hydrogens (tertiary/aromatic N) is 2. The molecule has 0 saturated carbocycles. The molecular formula is C37H50N6O6S2. The van der Waals surface area contributed by atoms with Gasteiger partial charge in [0, 0.05) is 31.0 Å². The molecule has 2 saturated heterocycles. The number of rotatable bonds is 11. The molecule has 276 valence electrons. The molecule has 8 rings (SSSR count). The number of sulfonamides is 2. The number of fused-ring (bicyclic) bond motifs is 4. The standard InChI is InChI=1S/C37H50N6O6S2/c1-23(20-42-12-4-13-42)21-50(46,47)40-36(44)38-34-30-8-2-7-25(30)17-27-18-28(19-32(27)34)29-11-10-26-16-24-6-3-9-31(24)35(33(26)29)39-37(45)41-51(48,49)22-43-14-5-15-43/h16-17,23,28-29H,2-15,18-22H2,1H3,(H2,38,40,44)(H2,39,41,45). The summed E-state index contributed by atoms with van der Waals surface area (Å²) >= 11 is 0. The van der Waals surface area contributed by atoms with E-state index in [1.165, 1.54) is 22.3 Å². The van der Waals surface area contributed by atoms with Gasteiger partial charge in [0.1, 0.15) is 5.88 Å². The van der Waals surface area contributed by atoms with Crippen molar-refractivity contribution < 1.29 is 26.4 Å². The zero-order valence-electron chi connectivity index (χ0n) is 29.5. The summed E-state index contributed by atoms with van der Waals surface area (Å²) in [7, 11) is -7.63. The van der Waals surface area contributed by atoms with Crippen LogP contribution >= 0.6 is 0 Å². The summed E-state index contributed by atoms with van der Waals surface area (Å²) in [4.78, 5) is 30.7. The Hall–Kier alpha value is -3.20. The number of amides is 4. The van der Waals surface area contributed by atoms with Crippen LogP contribution in [0.15, 0.2) is 12.1 Å². The number of benzene rings is 2. The normalized spacial score (nSPS) is 23.0. The van der Waals surface area contributed by atoms with Crippen LogP contribution in [0.2, 0.25) is 0 Å². The number of hydrogen-bond acceptors (Lipinski definition) is 8. The van der Waals surface area contributed by atoms with Gasteiger partial charge in [-0.25, -0.2) is 35.9 Å². The summed E-state index contributed by atoms with van der Waals surface area (Å²) in [5.41, 5.74) is 10.9. The molecule has 2 fully saturated rings. The van der Waals surface area contributed by atoms with E-state index in [0.717, 1.165) is 137 Å². The number of urea groups is 2. The molecule has 2 aromatic carbocycles. The molecule has 0 aromatic heterocycles. The van der Waals surface area contributed by atoms with Gasteiger partial charge in [-0.2, -0.15) is 0 Å². The molecule has 4 amide bonds. The zero-order valence-corrected chi connectivity index (χ0v) is 31.1. The van der Waals surface area contributed by atoms with E-state index in [1.807, 2.05) is 6.92 Å². The van der Waals surface area contributed by atoms with Crippen LogP contribution in [0.25, 0.3) is 0 Å². The van der Waals surface area contributed by atoms with Crippen molar-refractivity contribution in [3.63, 3.8) is 0 Å². The molecule has 2 aromatic rings. The van der Waals surface area contributed by atoms with Crippen molar-refractivity contribution in [1.82, 2.24) is 19.2 Å². The first-order valence-electron chi connectivity index (χ1n) is 18.8. The Morgan fingerprint density at radius 2 is 1.31 bits per heavy atom. The summed E-state index contributed by atoms with van der Waals surface area (Å²) in [6, 6.07) is 3.18. The van der Waals surface area contributed by atoms with E-state index in [0.29, 0.717) is 6.54 Å². The maximum absolute atomic E-state index is 13.3. The first kappa shape index (κ1) is 34.9. The highest BCUT2D eigenvalue weighted by molar-refractivity contribution is 7.90. The first-order valence-corrected chi connectivity index (χ1v) is 22.1. The van der Waals surface area contributed by atoms with Gasteiger partial charge in [0.25, 0.3) is 0 Å². The van der Waals surface area contributed by atoms with Crippen LogP contribution in [0.4, 0.5) is 21.0 Å². The SMILES string of the molecule is CC(CN1CCC1)CS(=O)(=O)NC(=O)Nc1c2c(cc3c1CC(C1CCc4cc5c(c(NC(=O)NS(=O)(=O)CN6CCC6)c41)CCC5)C3)CCC2. The van der Waals surface area contributed by atoms with E-state index in [1.54, 1.807) is 4.90 Å². The van der Waals surface area contributed by atoms with Crippen LogP contribution < -0.4 is 20.1 Å². The smallest absolute Gasteiger partial charge is 0.307 e. The van der Waals surface area contributed by atoms with Crippen LogP contribution in [0.3, 0.4) is 0 Å². The lowest BCUT2D eigenvalue weighted by Gasteiger charge is -2.32. The van der Waals surface area contributed by atoms with Crippen LogP contribution in [0.5, 0.6) is 0 Å². The Kier molecular flexibility index (Phi) is 9.33. The van der Waals surface area contributed by atoms with Crippen molar-refractivity contribution in [3.8, 4) is 0 Å². The fourth-order valence-corrected chi connectivity index (χ4v) is 12.1. The number of nitrogens with one attached hydrogen (secondary N) is 4. The number of aryl methyl sites for hydroxylation is 3. The van der Waals surface area contributed by atoms with E-state index in [2.05, 4.69) is 37.1 Å². The summed E-state index contributed by atoms with van der Waals surface area (Å²) in [6.07, 6.45) is 11.0. The molecule has 3 atom stereocenters. The third-order valence-corrected chi connectivity index (χ3v) is 14.7. The van der Waals surface area contributed by atoms with Crippen molar-refractivity contribution in [1.29, 1.82) is 0 Å². The van der Waals surface area contributed by atoms with Crippen molar-refractivity contribution in [2.45, 2.75) is 89.9 Å². The van der Waals surface area contributed by atoms with Gasteiger partial charge in [0.05, 0.1) is 5.75 Å². The lowest BCUT2D eigenvalue weighted by atomic mass is 9.83. The Morgan fingerprint density at radius 1 is 0.706 bits per heavy atom. The molecule has 2 aliphatic heterocycles. The molecule has 3 unspecified atom stereocenters. The van der Waals surface area contributed by atoms with Gasteiger partial charge >= 0.3 is 12.1 Å². The largest absolute Gasteiger partial charge is 0.332 e. The maximum Gasteiger partial charge on any atom is 0.332 e. The van der Waals surface area contributed by atoms with E-state index in [9.17, 15) is 26.4 Å². The quantitative estimate of drug-likeness (QED) is 0.270. The third kappa shape index (κ3) is 7.25. The molecule has 4 aliphatic carbocycles. The predicted molar refractivity (Wildman–Crippen MR) is 197 cm³/mol. The average Bonchev–Trinajstić information content (AvgIpc) is 3.81. The molecule has 51 heavy (non-hydrogen) atoms. The van der Waals surface area contributed by atoms with Gasteiger partial charge in [-0.15, -0.1) is 0 Å². The van der Waals surface area contributed by atoms with E-state index in [4.69, 9.17) is 0 Å². The minimum Gasteiger partial charge on any atom is -0.307 e. The number of hydrogen-bond donors (Lipinski definition) is 4. The maximum atomic E-state index is 13.3. The fraction of sp³-hybridized carbons (Fsp3) is 0.622. The minimum absolute atomic E-state index is 0.0858. The number of likely N-dealkylation sites (tertiary alicyclic amines) is 2. The Labute approximate surface area is 301 Å². The van der Waals surface area contributed by atoms with E-state index in [-0.39, 0.29) is 29.4 Å². The highest BCUT2D eigenvalue weighted by atomic mass is 32.2. The zero-order chi connectivity index (χ0) is 35.5. The van der Waals surface area contributed by atoms with Gasteiger partial charge in [-0.3, -0.25) is 4.90 Å². The summed E-state index contributed by atoms with van der Waals surface area (Å²) in [5.74, 6) is -0.00513. The Balaban J connectivity index is 1.02. The predicted octanol–water partition coefficient (Wildman–Crippen LogP) is 4.02. The summed E-state index contributed by atoms with van der Waals surface area (Å²) in [6.45, 7) is 6.04. The van der Waals surface area contributed by atoms with Crippen LogP contribution in [0.1, 0.15) is 89.5 Å². The van der Waals surface area contributed by atoms with Gasteiger partial charge in [0.15, 0.2) is 0 Å². The highest BCUT2D eigenvalue weighted by Gasteiger charge is 2.40. The van der Waals surface area contributed by atoms with E-state index < -0.39 is 32.1 Å². The van der Waals surface area contributed by atoms with Crippen molar-refractivity contribution in [3.05, 3.63) is 56.6 Å². The number of carbonyl (C=O) groups excluding carboxylic acids is 2. The second-order valence-electron chi connectivity index (χ2n) is 15.9. The van der Waals surface area contributed by atoms with Gasteiger partial charge in [-0.1, -0.05) is 19.1 Å². The minimum atomic E-state index is -3.82. The molecule has 6 aliphatic rings. The van der Waals surface area contributed by atoms with Gasteiger partial charge in [0.2, 0.25) is 20.0 Å². The average molecular weight is 739 g/mol. The topological polar surface area (TPSA) is 157 Å². The Bertz CT molecular complexity index is 1970. The van der Waals surface area contributed by atoms with Crippen molar-refractivity contribution in [2.24, 2.45) is 11.8 Å². The van der Waals surface area contributed by atoms with Gasteiger partial charge in [-0.05, 0) is 152 Å². The third-order valence-electron chi connectivity index (χ3n) is 12.0. The van der Waals surface area contributed by atoms with Crippen molar-refractivity contribution in [2.75, 3.05) is 55.0 Å². The second-order valence-corrected chi connectivity index (χ2v) is 19.3. The highest BCUT2D eigenvalue weighted by Crippen LogP contribution is 2.51. The monoisotopic (exact) mass is 738 g/mol. The molecule has 12 nitrogen and oxygen atoms in total. The summed E-state index contributed by atoms with van der Waals surface area (Å²) in [5, 5.41) is 6.05. The second kappa shape index (κ2) is 13.7. The molecule has 14 heteroatoms. The number of anilines is 2. The first-order chi connectivity index (χ1) is 24.4. The lowest BCUT2D eigenvalue weighted by Crippen LogP contribution is -2.46. The lowest BCUT2D eigenvalue weighted by molar-refractivity contribution is 0.162. The van der Waals surface area contributed by atoms with Crippen LogP contribution in [-0.4, -0.2) is 83.1 Å². The molecule has 0 radical (unpaired) electrons. The molecule has 2 heterocycles. The van der Waals surface area contributed by atoms with E-state index >= 15 is 0 Å². The Morgan fingerprint density at radius 3 is 1.96 bits per heavy atom. The summed E-state index contributed by atoms with van der Waals surface area (Å²) < 4.78 is 56.2.